The van der Waals surface area contributed by atoms with E-state index in [4.69, 9.17) is 0 Å². The topological polar surface area (TPSA) is 57.6 Å². The van der Waals surface area contributed by atoms with Crippen molar-refractivity contribution >= 4 is 24.5 Å². The van der Waals surface area contributed by atoms with Crippen molar-refractivity contribution < 1.29 is 14.7 Å². The number of aliphatic carboxylic acids is 1. The van der Waals surface area contributed by atoms with Gasteiger partial charge in [0.05, 0.1) is 0 Å². The molecule has 1 N–H and O–H groups in total. The van der Waals surface area contributed by atoms with Gasteiger partial charge in [0.15, 0.2) is 0 Å². The van der Waals surface area contributed by atoms with Crippen molar-refractivity contribution in [1.29, 1.82) is 0 Å². The van der Waals surface area contributed by atoms with Gasteiger partial charge in [0.25, 0.3) is 0 Å². The molecule has 102 valence electrons. The third kappa shape index (κ3) is 3.10. The average Bonchev–Trinajstić information content (AvgIpc) is 2.67. The maximum atomic E-state index is 11.8. The molecule has 1 amide bonds. The van der Waals surface area contributed by atoms with Crippen LogP contribution in [0, 0.1) is 6.92 Å². The van der Waals surface area contributed by atoms with E-state index in [9.17, 15) is 14.7 Å². The van der Waals surface area contributed by atoms with Gasteiger partial charge in [0.2, 0.25) is 5.91 Å². The van der Waals surface area contributed by atoms with Crippen LogP contribution < -0.4 is 0 Å². The summed E-state index contributed by atoms with van der Waals surface area (Å²) in [5.41, 5.74) is 2.01. The molecule has 2 rings (SSSR count). The highest BCUT2D eigenvalue weighted by Gasteiger charge is 2.36. The second-order valence-electron chi connectivity index (χ2n) is 4.89. The summed E-state index contributed by atoms with van der Waals surface area (Å²) in [5.74, 6) is -1.08. The molecule has 5 heteroatoms. The number of thiol groups is 1. The first kappa shape index (κ1) is 13.9. The number of carboxylic acids is 1. The Kier molecular flexibility index (Phi) is 4.14. The Morgan fingerprint density at radius 3 is 2.74 bits per heavy atom. The fraction of sp³-hybridized carbons (Fsp3) is 0.429. The van der Waals surface area contributed by atoms with E-state index >= 15 is 0 Å². The zero-order valence-electron chi connectivity index (χ0n) is 10.7. The molecule has 0 aliphatic carbocycles. The molecular weight excluding hydrogens is 262 g/mol. The molecule has 19 heavy (non-hydrogen) atoms. The monoisotopic (exact) mass is 279 g/mol. The lowest BCUT2D eigenvalue weighted by atomic mass is 10.0. The van der Waals surface area contributed by atoms with E-state index in [1.54, 1.807) is 0 Å². The molecule has 1 unspecified atom stereocenters. The summed E-state index contributed by atoms with van der Waals surface area (Å²) in [5, 5.41) is 9.31. The fourth-order valence-electron chi connectivity index (χ4n) is 2.39. The Hall–Kier alpha value is -1.49. The third-order valence-electron chi connectivity index (χ3n) is 3.47. The summed E-state index contributed by atoms with van der Waals surface area (Å²) >= 11 is 4.27. The summed E-state index contributed by atoms with van der Waals surface area (Å²) in [6.07, 6.45) is 0.662. The minimum absolute atomic E-state index is 0.0637. The number of amides is 1. The molecule has 1 heterocycles. The van der Waals surface area contributed by atoms with Crippen LogP contribution in [0.2, 0.25) is 0 Å². The minimum Gasteiger partial charge on any atom is -0.480 e. The van der Waals surface area contributed by atoms with Crippen LogP contribution in [-0.2, 0) is 16.0 Å². The summed E-state index contributed by atoms with van der Waals surface area (Å²) in [7, 11) is 0. The molecule has 1 aromatic rings. The molecule has 1 aliphatic heterocycles. The Morgan fingerprint density at radius 1 is 1.53 bits per heavy atom. The highest BCUT2D eigenvalue weighted by atomic mass is 32.1. The molecule has 1 fully saturated rings. The lowest BCUT2D eigenvalue weighted by molar-refractivity contribution is -0.148. The largest absolute Gasteiger partial charge is 0.480 e. The van der Waals surface area contributed by atoms with Crippen molar-refractivity contribution in [3.63, 3.8) is 0 Å². The second kappa shape index (κ2) is 5.65. The van der Waals surface area contributed by atoms with Gasteiger partial charge in [0, 0.05) is 24.6 Å². The smallest absolute Gasteiger partial charge is 0.326 e. The third-order valence-corrected chi connectivity index (χ3v) is 3.82. The lowest BCUT2D eigenvalue weighted by Gasteiger charge is -2.25. The van der Waals surface area contributed by atoms with Crippen LogP contribution in [0.25, 0.3) is 0 Å². The highest BCUT2D eigenvalue weighted by Crippen LogP contribution is 2.22. The zero-order chi connectivity index (χ0) is 14.0. The molecule has 0 bridgehead atoms. The van der Waals surface area contributed by atoms with Crippen molar-refractivity contribution in [3.8, 4) is 0 Å². The summed E-state index contributed by atoms with van der Waals surface area (Å²) in [4.78, 5) is 24.7. The Bertz CT molecular complexity index is 503. The SMILES string of the molecule is Cc1ccccc1C[C@@H](C(=O)O)N1CC(S)CC1=O. The minimum atomic E-state index is -0.959. The number of aryl methyl sites for hydroxylation is 1. The van der Waals surface area contributed by atoms with E-state index in [1.807, 2.05) is 31.2 Å². The Balaban J connectivity index is 2.20. The second-order valence-corrected chi connectivity index (χ2v) is 5.62. The van der Waals surface area contributed by atoms with Crippen LogP contribution in [0.15, 0.2) is 24.3 Å². The van der Waals surface area contributed by atoms with E-state index in [0.717, 1.165) is 11.1 Å². The maximum Gasteiger partial charge on any atom is 0.326 e. The summed E-state index contributed by atoms with van der Waals surface area (Å²) in [6, 6.07) is 6.85. The number of hydrogen-bond donors (Lipinski definition) is 2. The first-order valence-electron chi connectivity index (χ1n) is 6.24. The van der Waals surface area contributed by atoms with Crippen LogP contribution in [0.1, 0.15) is 17.5 Å². The van der Waals surface area contributed by atoms with Crippen molar-refractivity contribution in [2.24, 2.45) is 0 Å². The van der Waals surface area contributed by atoms with Gasteiger partial charge in [-0.15, -0.1) is 0 Å². The molecule has 2 atom stereocenters. The van der Waals surface area contributed by atoms with Gasteiger partial charge >= 0.3 is 5.97 Å². The van der Waals surface area contributed by atoms with Crippen LogP contribution in [-0.4, -0.2) is 39.7 Å². The average molecular weight is 279 g/mol. The molecule has 0 saturated carbocycles. The number of hydrogen-bond acceptors (Lipinski definition) is 3. The first-order chi connectivity index (χ1) is 8.99. The van der Waals surface area contributed by atoms with Gasteiger partial charge in [0.1, 0.15) is 6.04 Å². The van der Waals surface area contributed by atoms with Gasteiger partial charge in [-0.1, -0.05) is 24.3 Å². The number of carbonyl (C=O) groups excluding carboxylic acids is 1. The molecule has 1 aromatic carbocycles. The Morgan fingerprint density at radius 2 is 2.21 bits per heavy atom. The van der Waals surface area contributed by atoms with E-state index in [2.05, 4.69) is 12.6 Å². The quantitative estimate of drug-likeness (QED) is 0.822. The van der Waals surface area contributed by atoms with Crippen molar-refractivity contribution in [1.82, 2.24) is 4.90 Å². The predicted molar refractivity (Wildman–Crippen MR) is 75.4 cm³/mol. The zero-order valence-corrected chi connectivity index (χ0v) is 11.6. The normalized spacial score (nSPS) is 20.6. The fourth-order valence-corrected chi connectivity index (χ4v) is 2.72. The van der Waals surface area contributed by atoms with E-state index in [0.29, 0.717) is 19.4 Å². The number of carboxylic acid groups (broad SMARTS) is 1. The predicted octanol–water partition coefficient (Wildman–Crippen LogP) is 1.52. The standard InChI is InChI=1S/C14H17NO3S/c1-9-4-2-3-5-10(9)6-12(14(17)18)15-8-11(19)7-13(15)16/h2-5,11-12,19H,6-8H2,1H3,(H,17,18)/t11?,12-/m0/s1. The van der Waals surface area contributed by atoms with Crippen molar-refractivity contribution in [2.45, 2.75) is 31.1 Å². The molecule has 4 nitrogen and oxygen atoms in total. The Labute approximate surface area is 117 Å². The number of likely N-dealkylation sites (tertiary alicyclic amines) is 1. The number of carbonyl (C=O) groups is 2. The van der Waals surface area contributed by atoms with E-state index in [1.165, 1.54) is 4.90 Å². The van der Waals surface area contributed by atoms with Gasteiger partial charge < -0.3 is 10.0 Å². The van der Waals surface area contributed by atoms with E-state index < -0.39 is 12.0 Å². The number of rotatable bonds is 4. The summed E-state index contributed by atoms with van der Waals surface area (Å²) < 4.78 is 0. The maximum absolute atomic E-state index is 11.8. The van der Waals surface area contributed by atoms with Gasteiger partial charge in [-0.05, 0) is 18.1 Å². The van der Waals surface area contributed by atoms with Gasteiger partial charge in [-0.2, -0.15) is 12.6 Å². The summed E-state index contributed by atoms with van der Waals surface area (Å²) in [6.45, 7) is 2.35. The molecule has 0 aromatic heterocycles. The van der Waals surface area contributed by atoms with Gasteiger partial charge in [-0.3, -0.25) is 4.79 Å². The van der Waals surface area contributed by atoms with E-state index in [-0.39, 0.29) is 11.2 Å². The van der Waals surface area contributed by atoms with Crippen LogP contribution in [0.5, 0.6) is 0 Å². The molecule has 0 spiro atoms. The van der Waals surface area contributed by atoms with Crippen molar-refractivity contribution in [2.75, 3.05) is 6.54 Å². The first-order valence-corrected chi connectivity index (χ1v) is 6.75. The van der Waals surface area contributed by atoms with Gasteiger partial charge in [-0.25, -0.2) is 4.79 Å². The molecular formula is C14H17NO3S. The molecule has 1 aliphatic rings. The van der Waals surface area contributed by atoms with Crippen LogP contribution in [0.4, 0.5) is 0 Å². The van der Waals surface area contributed by atoms with Crippen LogP contribution in [0.3, 0.4) is 0 Å². The molecule has 1 saturated heterocycles. The lowest BCUT2D eigenvalue weighted by Crippen LogP contribution is -2.43. The highest BCUT2D eigenvalue weighted by molar-refractivity contribution is 7.81. The molecule has 0 radical (unpaired) electrons. The number of benzene rings is 1. The number of nitrogens with zero attached hydrogens (tertiary/aromatic N) is 1. The van der Waals surface area contributed by atoms with Crippen molar-refractivity contribution in [3.05, 3.63) is 35.4 Å². The van der Waals surface area contributed by atoms with Crippen LogP contribution >= 0.6 is 12.6 Å².